The second-order valence-electron chi connectivity index (χ2n) is 7.93. The molecule has 0 amide bonds. The lowest BCUT2D eigenvalue weighted by molar-refractivity contribution is -0.139. The molecule has 0 spiro atoms. The monoisotopic (exact) mass is 452 g/mol. The fourth-order valence-electron chi connectivity index (χ4n) is 3.79. The Hall–Kier alpha value is -3.18. The zero-order valence-corrected chi connectivity index (χ0v) is 17.7. The number of fused-ring (bicyclic) bond motifs is 1. The number of hydrogen-bond acceptors (Lipinski definition) is 5. The topological polar surface area (TPSA) is 108 Å². The maximum atomic E-state index is 13.5. The Balaban J connectivity index is 1.89. The van der Waals surface area contributed by atoms with E-state index in [1.165, 1.54) is 9.13 Å². The highest BCUT2D eigenvalue weighted by Crippen LogP contribution is 2.40. The Morgan fingerprint density at radius 2 is 1.88 bits per heavy atom. The van der Waals surface area contributed by atoms with Crippen molar-refractivity contribution >= 4 is 11.2 Å². The van der Waals surface area contributed by atoms with Crippen LogP contribution in [-0.2, 0) is 25.8 Å². The van der Waals surface area contributed by atoms with Gasteiger partial charge < -0.3 is 4.57 Å². The number of alkyl halides is 3. The molecule has 1 saturated carbocycles. The number of imidazole rings is 1. The minimum Gasteiger partial charge on any atom is -0.321 e. The minimum atomic E-state index is -4.81. The molecule has 9 nitrogen and oxygen atoms in total. The van der Waals surface area contributed by atoms with Crippen LogP contribution >= 0.6 is 0 Å². The molecule has 12 heteroatoms. The van der Waals surface area contributed by atoms with Gasteiger partial charge in [0.1, 0.15) is 17.9 Å². The molecule has 4 rings (SSSR count). The molecule has 0 unspecified atom stereocenters. The number of halogens is 3. The third kappa shape index (κ3) is 3.89. The smallest absolute Gasteiger partial charge is 0.321 e. The molecule has 0 radical (unpaired) electrons. The standard InChI is InChI=1S/C20H23F3N6O3/c1-3-5-8-28-16-15(17(30)25-19(28)32)27(4-2)14(24-16)10-29-18(31)12(20(21,22)23)9-13(26-29)11-6-7-11/h9,11H,3-8,10H2,1-2H3,(H,25,30,32). The second kappa shape index (κ2) is 8.06. The van der Waals surface area contributed by atoms with E-state index in [0.717, 1.165) is 30.0 Å². The summed E-state index contributed by atoms with van der Waals surface area (Å²) in [5.74, 6) is 0.0783. The SMILES string of the molecule is CCCCn1c(=O)[nH]c(=O)c2c1nc(Cn1nc(C3CC3)cc(C(F)(F)F)c1=O)n2CC. The number of rotatable bonds is 7. The number of H-pyrrole nitrogens is 1. The Morgan fingerprint density at radius 1 is 1.16 bits per heavy atom. The van der Waals surface area contributed by atoms with Crippen LogP contribution in [0.25, 0.3) is 11.2 Å². The van der Waals surface area contributed by atoms with Gasteiger partial charge in [0.15, 0.2) is 11.2 Å². The average Bonchev–Trinajstić information content (AvgIpc) is 3.50. The number of aromatic nitrogens is 6. The van der Waals surface area contributed by atoms with Crippen LogP contribution in [0, 0.1) is 0 Å². The quantitative estimate of drug-likeness (QED) is 0.592. The summed E-state index contributed by atoms with van der Waals surface area (Å²) < 4.78 is 44.0. The lowest BCUT2D eigenvalue weighted by Gasteiger charge is -2.12. The lowest BCUT2D eigenvalue weighted by Crippen LogP contribution is -2.32. The van der Waals surface area contributed by atoms with Crippen LogP contribution in [-0.4, -0.2) is 28.9 Å². The number of nitrogens with one attached hydrogen (secondary N) is 1. The summed E-state index contributed by atoms with van der Waals surface area (Å²) in [4.78, 5) is 44.1. The van der Waals surface area contributed by atoms with Crippen molar-refractivity contribution in [3.05, 3.63) is 54.3 Å². The van der Waals surface area contributed by atoms with E-state index in [1.807, 2.05) is 6.92 Å². The molecule has 0 aromatic carbocycles. The molecule has 0 saturated heterocycles. The molecule has 3 aromatic rings. The van der Waals surface area contributed by atoms with Crippen LogP contribution in [0.1, 0.15) is 62.5 Å². The first-order valence-electron chi connectivity index (χ1n) is 10.6. The van der Waals surface area contributed by atoms with Crippen molar-refractivity contribution < 1.29 is 13.2 Å². The van der Waals surface area contributed by atoms with Gasteiger partial charge in [-0.1, -0.05) is 13.3 Å². The molecule has 3 aromatic heterocycles. The Labute approximate surface area is 179 Å². The zero-order valence-electron chi connectivity index (χ0n) is 17.7. The van der Waals surface area contributed by atoms with E-state index in [1.54, 1.807) is 6.92 Å². The van der Waals surface area contributed by atoms with E-state index >= 15 is 0 Å². The fourth-order valence-corrected chi connectivity index (χ4v) is 3.79. The van der Waals surface area contributed by atoms with E-state index < -0.39 is 28.5 Å². The van der Waals surface area contributed by atoms with Crippen LogP contribution in [0.15, 0.2) is 20.4 Å². The molecule has 0 aliphatic heterocycles. The number of nitrogens with zero attached hydrogens (tertiary/aromatic N) is 5. The van der Waals surface area contributed by atoms with Gasteiger partial charge in [-0.3, -0.25) is 19.1 Å². The normalized spacial score (nSPS) is 14.4. The van der Waals surface area contributed by atoms with Crippen molar-refractivity contribution in [3.8, 4) is 0 Å². The predicted octanol–water partition coefficient (Wildman–Crippen LogP) is 2.21. The lowest BCUT2D eigenvalue weighted by atomic mass is 10.2. The van der Waals surface area contributed by atoms with Gasteiger partial charge in [-0.25, -0.2) is 14.5 Å². The highest BCUT2D eigenvalue weighted by atomic mass is 19.4. The Bertz CT molecular complexity index is 1340. The molecule has 1 fully saturated rings. The summed E-state index contributed by atoms with van der Waals surface area (Å²) in [5.41, 5.74) is -3.28. The largest absolute Gasteiger partial charge is 0.421 e. The Kier molecular flexibility index (Phi) is 5.55. The van der Waals surface area contributed by atoms with Gasteiger partial charge >= 0.3 is 11.9 Å². The molecular weight excluding hydrogens is 429 g/mol. The number of aromatic amines is 1. The van der Waals surface area contributed by atoms with Crippen LogP contribution in [0.2, 0.25) is 0 Å². The number of hydrogen-bond donors (Lipinski definition) is 1. The average molecular weight is 452 g/mol. The summed E-state index contributed by atoms with van der Waals surface area (Å²) in [6.07, 6.45) is -1.89. The van der Waals surface area contributed by atoms with Gasteiger partial charge in [0, 0.05) is 19.0 Å². The maximum Gasteiger partial charge on any atom is 0.421 e. The molecule has 32 heavy (non-hydrogen) atoms. The number of unbranched alkanes of at least 4 members (excludes halogenated alkanes) is 1. The van der Waals surface area contributed by atoms with E-state index in [9.17, 15) is 27.6 Å². The van der Waals surface area contributed by atoms with Crippen LogP contribution in [0.5, 0.6) is 0 Å². The van der Waals surface area contributed by atoms with Gasteiger partial charge in [-0.2, -0.15) is 18.3 Å². The van der Waals surface area contributed by atoms with Gasteiger partial charge in [0.2, 0.25) is 0 Å². The summed E-state index contributed by atoms with van der Waals surface area (Å²) in [6, 6.07) is 0.826. The van der Waals surface area contributed by atoms with Gasteiger partial charge in [0.25, 0.3) is 11.1 Å². The molecular formula is C20H23F3N6O3. The van der Waals surface area contributed by atoms with Crippen molar-refractivity contribution in [1.29, 1.82) is 0 Å². The van der Waals surface area contributed by atoms with Gasteiger partial charge in [0.05, 0.1) is 5.69 Å². The minimum absolute atomic E-state index is 0.102. The Morgan fingerprint density at radius 3 is 2.47 bits per heavy atom. The first kappa shape index (κ1) is 22.0. The van der Waals surface area contributed by atoms with E-state index in [-0.39, 0.29) is 41.7 Å². The summed E-state index contributed by atoms with van der Waals surface area (Å²) in [5, 5.41) is 4.16. The van der Waals surface area contributed by atoms with E-state index in [4.69, 9.17) is 0 Å². The summed E-state index contributed by atoms with van der Waals surface area (Å²) in [7, 11) is 0. The summed E-state index contributed by atoms with van der Waals surface area (Å²) >= 11 is 0. The van der Waals surface area contributed by atoms with Crippen LogP contribution in [0.3, 0.4) is 0 Å². The van der Waals surface area contributed by atoms with E-state index in [2.05, 4.69) is 15.1 Å². The van der Waals surface area contributed by atoms with Crippen molar-refractivity contribution in [3.63, 3.8) is 0 Å². The predicted molar refractivity (Wildman–Crippen MR) is 110 cm³/mol. The van der Waals surface area contributed by atoms with Crippen molar-refractivity contribution in [2.24, 2.45) is 0 Å². The first-order valence-corrected chi connectivity index (χ1v) is 10.6. The molecule has 0 atom stereocenters. The van der Waals surface area contributed by atoms with Crippen LogP contribution < -0.4 is 16.8 Å². The van der Waals surface area contributed by atoms with Crippen LogP contribution in [0.4, 0.5) is 13.2 Å². The van der Waals surface area contributed by atoms with Crippen molar-refractivity contribution in [2.75, 3.05) is 0 Å². The molecule has 1 N–H and O–H groups in total. The zero-order chi connectivity index (χ0) is 23.2. The highest BCUT2D eigenvalue weighted by Gasteiger charge is 2.37. The van der Waals surface area contributed by atoms with Gasteiger partial charge in [-0.15, -0.1) is 0 Å². The number of aryl methyl sites for hydroxylation is 2. The van der Waals surface area contributed by atoms with Gasteiger partial charge in [-0.05, 0) is 32.3 Å². The molecule has 3 heterocycles. The maximum absolute atomic E-state index is 13.5. The van der Waals surface area contributed by atoms with Crippen molar-refractivity contribution in [1.82, 2.24) is 28.9 Å². The molecule has 172 valence electrons. The highest BCUT2D eigenvalue weighted by molar-refractivity contribution is 5.71. The fraction of sp³-hybridized carbons (Fsp3) is 0.550. The molecule has 0 bridgehead atoms. The third-order valence-electron chi connectivity index (χ3n) is 5.60. The molecule has 1 aliphatic rings. The summed E-state index contributed by atoms with van der Waals surface area (Å²) in [6.45, 7) is 3.93. The van der Waals surface area contributed by atoms with Crippen molar-refractivity contribution in [2.45, 2.75) is 71.3 Å². The second-order valence-corrected chi connectivity index (χ2v) is 7.93. The molecule has 1 aliphatic carbocycles. The first-order chi connectivity index (χ1) is 15.2. The van der Waals surface area contributed by atoms with E-state index in [0.29, 0.717) is 13.0 Å². The third-order valence-corrected chi connectivity index (χ3v) is 5.60.